The first-order valence-electron chi connectivity index (χ1n) is 8.25. The van der Waals surface area contributed by atoms with Crippen molar-refractivity contribution in [2.45, 2.75) is 13.3 Å². The largest absolute Gasteiger partial charge is 0.497 e. The molecule has 1 heterocycles. The Morgan fingerprint density at radius 2 is 1.93 bits per heavy atom. The summed E-state index contributed by atoms with van der Waals surface area (Å²) in [5, 5.41) is 2.81. The molecule has 0 aliphatic carbocycles. The maximum Gasteiger partial charge on any atom is 0.274 e. The molecule has 7 heteroatoms. The van der Waals surface area contributed by atoms with Gasteiger partial charge in [0.2, 0.25) is 0 Å². The van der Waals surface area contributed by atoms with Crippen LogP contribution in [0, 0.1) is 10.5 Å². The highest BCUT2D eigenvalue weighted by Crippen LogP contribution is 2.18. The number of anilines is 1. The maximum atomic E-state index is 12.5. The normalized spacial score (nSPS) is 10.5. The Kier molecular flexibility index (Phi) is 5.90. The monoisotopic (exact) mass is 475 g/mol. The molecule has 0 unspecified atom stereocenters. The van der Waals surface area contributed by atoms with Gasteiger partial charge in [0, 0.05) is 21.7 Å². The zero-order valence-corrected chi connectivity index (χ0v) is 17.0. The van der Waals surface area contributed by atoms with Crippen LogP contribution in [0.4, 0.5) is 5.69 Å². The number of aryl methyl sites for hydroxylation is 1. The molecule has 2 aromatic carbocycles. The number of nitrogens with one attached hydrogen (secondary N) is 2. The van der Waals surface area contributed by atoms with E-state index in [1.54, 1.807) is 7.11 Å². The van der Waals surface area contributed by atoms with Crippen LogP contribution in [0.25, 0.3) is 0 Å². The second-order valence-corrected chi connectivity index (χ2v) is 7.26. The Morgan fingerprint density at radius 1 is 1.19 bits per heavy atom. The van der Waals surface area contributed by atoms with E-state index in [1.807, 2.05) is 49.4 Å². The van der Waals surface area contributed by atoms with E-state index in [9.17, 15) is 9.59 Å². The molecule has 27 heavy (non-hydrogen) atoms. The number of H-pyrrole nitrogens is 1. The molecular formula is C20H18IN3O3. The molecule has 1 aromatic heterocycles. The number of halogens is 1. The van der Waals surface area contributed by atoms with E-state index in [1.165, 1.54) is 6.07 Å². The van der Waals surface area contributed by atoms with Crippen molar-refractivity contribution in [2.24, 2.45) is 0 Å². The number of carbonyl (C=O) groups excluding carboxylic acids is 1. The van der Waals surface area contributed by atoms with Crippen molar-refractivity contribution >= 4 is 34.2 Å². The van der Waals surface area contributed by atoms with Gasteiger partial charge in [-0.15, -0.1) is 0 Å². The quantitative estimate of drug-likeness (QED) is 0.554. The number of rotatable bonds is 5. The van der Waals surface area contributed by atoms with Gasteiger partial charge in [0.1, 0.15) is 17.3 Å². The van der Waals surface area contributed by atoms with Crippen molar-refractivity contribution < 1.29 is 9.53 Å². The van der Waals surface area contributed by atoms with Crippen LogP contribution in [-0.2, 0) is 6.42 Å². The highest BCUT2D eigenvalue weighted by molar-refractivity contribution is 14.1. The van der Waals surface area contributed by atoms with Gasteiger partial charge in [-0.25, -0.2) is 4.98 Å². The SMILES string of the molecule is COc1ccc(Cc2nc(C(=O)Nc3ccc(I)cc3C)cc(=O)[nH]2)cc1. The molecule has 1 amide bonds. The van der Waals surface area contributed by atoms with Crippen molar-refractivity contribution in [3.05, 3.63) is 85.1 Å². The van der Waals surface area contributed by atoms with Crippen LogP contribution in [-0.4, -0.2) is 23.0 Å². The molecule has 6 nitrogen and oxygen atoms in total. The Labute approximate surface area is 170 Å². The average Bonchev–Trinajstić information content (AvgIpc) is 2.64. The van der Waals surface area contributed by atoms with Gasteiger partial charge in [-0.2, -0.15) is 0 Å². The summed E-state index contributed by atoms with van der Waals surface area (Å²) >= 11 is 2.21. The molecule has 0 fully saturated rings. The lowest BCUT2D eigenvalue weighted by atomic mass is 10.1. The van der Waals surface area contributed by atoms with E-state index >= 15 is 0 Å². The number of benzene rings is 2. The number of aromatic amines is 1. The summed E-state index contributed by atoms with van der Waals surface area (Å²) in [5.41, 5.74) is 2.31. The Morgan fingerprint density at radius 3 is 2.59 bits per heavy atom. The van der Waals surface area contributed by atoms with E-state index in [0.717, 1.165) is 20.4 Å². The molecule has 138 valence electrons. The average molecular weight is 475 g/mol. The minimum absolute atomic E-state index is 0.0835. The van der Waals surface area contributed by atoms with Gasteiger partial charge in [-0.1, -0.05) is 12.1 Å². The molecular weight excluding hydrogens is 457 g/mol. The second-order valence-electron chi connectivity index (χ2n) is 6.02. The molecule has 0 atom stereocenters. The fourth-order valence-corrected chi connectivity index (χ4v) is 3.25. The Hall–Kier alpha value is -2.68. The molecule has 0 saturated heterocycles. The standard InChI is InChI=1S/C20H18IN3O3/c1-12-9-14(21)5-8-16(12)23-20(26)17-11-19(25)24-18(22-17)10-13-3-6-15(27-2)7-4-13/h3-9,11H,10H2,1-2H3,(H,23,26)(H,22,24,25). The van der Waals surface area contributed by atoms with E-state index in [2.05, 4.69) is 37.9 Å². The number of ether oxygens (including phenoxy) is 1. The smallest absolute Gasteiger partial charge is 0.274 e. The molecule has 3 aromatic rings. The molecule has 0 saturated carbocycles. The van der Waals surface area contributed by atoms with Crippen molar-refractivity contribution in [1.29, 1.82) is 0 Å². The van der Waals surface area contributed by atoms with Gasteiger partial charge in [-0.05, 0) is 71.0 Å². The van der Waals surface area contributed by atoms with Crippen LogP contribution in [0.15, 0.2) is 53.3 Å². The summed E-state index contributed by atoms with van der Waals surface area (Å²) in [6.45, 7) is 1.91. The van der Waals surface area contributed by atoms with Crippen LogP contribution in [0.1, 0.15) is 27.4 Å². The van der Waals surface area contributed by atoms with Gasteiger partial charge in [-0.3, -0.25) is 9.59 Å². The summed E-state index contributed by atoms with van der Waals surface area (Å²) in [7, 11) is 1.60. The summed E-state index contributed by atoms with van der Waals surface area (Å²) in [6, 6.07) is 14.4. The number of aromatic nitrogens is 2. The molecule has 3 rings (SSSR count). The lowest BCUT2D eigenvalue weighted by molar-refractivity contribution is 0.102. The van der Waals surface area contributed by atoms with Crippen LogP contribution < -0.4 is 15.6 Å². The lowest BCUT2D eigenvalue weighted by Gasteiger charge is -2.09. The minimum atomic E-state index is -0.415. The van der Waals surface area contributed by atoms with Gasteiger partial charge in [0.05, 0.1) is 7.11 Å². The highest BCUT2D eigenvalue weighted by atomic mass is 127. The first-order valence-corrected chi connectivity index (χ1v) is 9.33. The molecule has 0 aliphatic rings. The summed E-state index contributed by atoms with van der Waals surface area (Å²) in [5.74, 6) is 0.764. The number of methoxy groups -OCH3 is 1. The fourth-order valence-electron chi connectivity index (χ4n) is 2.60. The predicted octanol–water partition coefficient (Wildman–Crippen LogP) is 3.53. The third kappa shape index (κ3) is 4.94. The van der Waals surface area contributed by atoms with E-state index in [-0.39, 0.29) is 11.3 Å². The van der Waals surface area contributed by atoms with E-state index < -0.39 is 5.91 Å². The highest BCUT2D eigenvalue weighted by Gasteiger charge is 2.12. The van der Waals surface area contributed by atoms with Crippen LogP contribution in [0.3, 0.4) is 0 Å². The number of hydrogen-bond acceptors (Lipinski definition) is 4. The molecule has 0 spiro atoms. The Bertz CT molecular complexity index is 1030. The Balaban J connectivity index is 1.81. The lowest BCUT2D eigenvalue weighted by Crippen LogP contribution is -2.21. The van der Waals surface area contributed by atoms with E-state index in [0.29, 0.717) is 17.9 Å². The molecule has 0 aliphatic heterocycles. The minimum Gasteiger partial charge on any atom is -0.497 e. The van der Waals surface area contributed by atoms with Crippen molar-refractivity contribution in [1.82, 2.24) is 9.97 Å². The molecule has 0 bridgehead atoms. The first-order chi connectivity index (χ1) is 12.9. The zero-order valence-electron chi connectivity index (χ0n) is 14.9. The van der Waals surface area contributed by atoms with Gasteiger partial charge in [0.15, 0.2) is 0 Å². The second kappa shape index (κ2) is 8.34. The molecule has 2 N–H and O–H groups in total. The van der Waals surface area contributed by atoms with Gasteiger partial charge < -0.3 is 15.0 Å². The number of carbonyl (C=O) groups is 1. The van der Waals surface area contributed by atoms with Crippen molar-refractivity contribution in [2.75, 3.05) is 12.4 Å². The summed E-state index contributed by atoms with van der Waals surface area (Å²) in [4.78, 5) is 31.5. The van der Waals surface area contributed by atoms with Crippen molar-refractivity contribution in [3.8, 4) is 5.75 Å². The number of nitrogens with zero attached hydrogens (tertiary/aromatic N) is 1. The zero-order chi connectivity index (χ0) is 19.4. The van der Waals surface area contributed by atoms with E-state index in [4.69, 9.17) is 4.74 Å². The number of amides is 1. The maximum absolute atomic E-state index is 12.5. The summed E-state index contributed by atoms with van der Waals surface area (Å²) in [6.07, 6.45) is 0.406. The predicted molar refractivity (Wildman–Crippen MR) is 113 cm³/mol. The summed E-state index contributed by atoms with van der Waals surface area (Å²) < 4.78 is 6.22. The third-order valence-electron chi connectivity index (χ3n) is 3.99. The fraction of sp³-hybridized carbons (Fsp3) is 0.150. The topological polar surface area (TPSA) is 84.1 Å². The van der Waals surface area contributed by atoms with Crippen molar-refractivity contribution in [3.63, 3.8) is 0 Å². The first kappa shape index (κ1) is 19.1. The van der Waals surface area contributed by atoms with Crippen LogP contribution >= 0.6 is 22.6 Å². The van der Waals surface area contributed by atoms with Gasteiger partial charge in [0.25, 0.3) is 11.5 Å². The van der Waals surface area contributed by atoms with Crippen LogP contribution in [0.2, 0.25) is 0 Å². The van der Waals surface area contributed by atoms with Crippen LogP contribution in [0.5, 0.6) is 5.75 Å². The van der Waals surface area contributed by atoms with Gasteiger partial charge >= 0.3 is 0 Å². The third-order valence-corrected chi connectivity index (χ3v) is 4.66. The number of hydrogen-bond donors (Lipinski definition) is 2. The molecule has 0 radical (unpaired) electrons.